The second kappa shape index (κ2) is 4.32. The monoisotopic (exact) mass is 130 g/mol. The Balaban J connectivity index is 0.000000291. The topological polar surface area (TPSA) is 55.1 Å². The van der Waals surface area contributed by atoms with Gasteiger partial charge in [-0.1, -0.05) is 13.8 Å². The van der Waals surface area contributed by atoms with Crippen LogP contribution < -0.4 is 11.1 Å². The van der Waals surface area contributed by atoms with Crippen LogP contribution in [0.1, 0.15) is 20.3 Å². The highest BCUT2D eigenvalue weighted by Gasteiger charge is 2.18. The maximum Gasteiger partial charge on any atom is 0.236 e. The fraction of sp³-hybridized carbons (Fsp3) is 0.833. The smallest absolute Gasteiger partial charge is 0.236 e. The Bertz CT molecular complexity index is 93.1. The van der Waals surface area contributed by atoms with Crippen molar-refractivity contribution in [3.63, 3.8) is 0 Å². The normalized spacial score (nSPS) is 24.3. The van der Waals surface area contributed by atoms with E-state index in [0.29, 0.717) is 0 Å². The van der Waals surface area contributed by atoms with Crippen LogP contribution >= 0.6 is 0 Å². The predicted octanol–water partition coefficient (Wildman–Crippen LogP) is -0.140. The molecule has 1 fully saturated rings. The van der Waals surface area contributed by atoms with Crippen molar-refractivity contribution < 1.29 is 4.79 Å². The average Bonchev–Trinajstić information content (AvgIpc) is 2.23. The molecule has 1 aliphatic rings. The molecule has 3 heteroatoms. The first-order valence-electron chi connectivity index (χ1n) is 3.34. The standard InChI is InChI=1S/C4H8N2O.C2H6/c5-3-1-2-6-4(3)7;1-2/h3H,1-2,5H2,(H,6,7);1-2H3. The van der Waals surface area contributed by atoms with Crippen LogP contribution in [0.3, 0.4) is 0 Å². The maximum atomic E-state index is 10.3. The number of nitrogens with two attached hydrogens (primary N) is 1. The van der Waals surface area contributed by atoms with Gasteiger partial charge in [-0.2, -0.15) is 0 Å². The molecule has 0 aliphatic carbocycles. The number of hydrogen-bond acceptors (Lipinski definition) is 2. The van der Waals surface area contributed by atoms with Gasteiger partial charge in [-0.05, 0) is 6.42 Å². The van der Waals surface area contributed by atoms with E-state index in [-0.39, 0.29) is 11.9 Å². The molecule has 1 unspecified atom stereocenters. The lowest BCUT2D eigenvalue weighted by Gasteiger charge is -1.91. The number of hydrogen-bond donors (Lipinski definition) is 2. The highest BCUT2D eigenvalue weighted by molar-refractivity contribution is 5.83. The maximum absolute atomic E-state index is 10.3. The minimum absolute atomic E-state index is 0.0139. The average molecular weight is 130 g/mol. The molecule has 0 spiro atoms. The van der Waals surface area contributed by atoms with E-state index in [1.165, 1.54) is 0 Å². The summed E-state index contributed by atoms with van der Waals surface area (Å²) >= 11 is 0. The van der Waals surface area contributed by atoms with Crippen LogP contribution in [0, 0.1) is 0 Å². The summed E-state index contributed by atoms with van der Waals surface area (Å²) in [4.78, 5) is 10.3. The molecule has 0 saturated carbocycles. The fourth-order valence-corrected chi connectivity index (χ4v) is 0.613. The summed E-state index contributed by atoms with van der Waals surface area (Å²) in [6, 6.07) is -0.236. The second-order valence-electron chi connectivity index (χ2n) is 1.69. The van der Waals surface area contributed by atoms with Crippen LogP contribution in [0.2, 0.25) is 0 Å². The highest BCUT2D eigenvalue weighted by atomic mass is 16.2. The quantitative estimate of drug-likeness (QED) is 0.479. The Morgan fingerprint density at radius 3 is 2.33 bits per heavy atom. The summed E-state index contributed by atoms with van der Waals surface area (Å²) in [6.07, 6.45) is 0.791. The Morgan fingerprint density at radius 2 is 2.22 bits per heavy atom. The molecule has 9 heavy (non-hydrogen) atoms. The lowest BCUT2D eigenvalue weighted by Crippen LogP contribution is -2.29. The van der Waals surface area contributed by atoms with Crippen LogP contribution in [0.15, 0.2) is 0 Å². The van der Waals surface area contributed by atoms with Crippen LogP contribution in [0.5, 0.6) is 0 Å². The van der Waals surface area contributed by atoms with Crippen molar-refractivity contribution in [1.82, 2.24) is 5.32 Å². The molecule has 1 aliphatic heterocycles. The van der Waals surface area contributed by atoms with Gasteiger partial charge in [-0.15, -0.1) is 0 Å². The third-order valence-electron chi connectivity index (χ3n) is 1.09. The molecular formula is C6H14N2O. The Labute approximate surface area is 55.6 Å². The summed E-state index contributed by atoms with van der Waals surface area (Å²) in [5, 5.41) is 2.61. The first-order chi connectivity index (χ1) is 4.30. The molecule has 0 aromatic rings. The summed E-state index contributed by atoms with van der Waals surface area (Å²) < 4.78 is 0. The van der Waals surface area contributed by atoms with Crippen molar-refractivity contribution in [3.8, 4) is 0 Å². The molecule has 3 nitrogen and oxygen atoms in total. The summed E-state index contributed by atoms with van der Waals surface area (Å²) in [7, 11) is 0. The zero-order valence-electron chi connectivity index (χ0n) is 5.98. The van der Waals surface area contributed by atoms with Gasteiger partial charge in [0.1, 0.15) is 0 Å². The van der Waals surface area contributed by atoms with E-state index >= 15 is 0 Å². The van der Waals surface area contributed by atoms with E-state index in [1.54, 1.807) is 0 Å². The van der Waals surface area contributed by atoms with Gasteiger partial charge in [0.2, 0.25) is 5.91 Å². The van der Waals surface area contributed by atoms with Crippen molar-refractivity contribution in [3.05, 3.63) is 0 Å². The number of nitrogens with one attached hydrogen (secondary N) is 1. The van der Waals surface area contributed by atoms with Gasteiger partial charge >= 0.3 is 0 Å². The van der Waals surface area contributed by atoms with Crippen LogP contribution in [-0.2, 0) is 4.79 Å². The van der Waals surface area contributed by atoms with Gasteiger partial charge in [-0.3, -0.25) is 4.79 Å². The van der Waals surface area contributed by atoms with Crippen molar-refractivity contribution in [2.75, 3.05) is 6.54 Å². The lowest BCUT2D eigenvalue weighted by atomic mass is 10.3. The van der Waals surface area contributed by atoms with Gasteiger partial charge in [0.25, 0.3) is 0 Å². The van der Waals surface area contributed by atoms with Gasteiger partial charge in [0.15, 0.2) is 0 Å². The van der Waals surface area contributed by atoms with Gasteiger partial charge < -0.3 is 11.1 Å². The second-order valence-corrected chi connectivity index (χ2v) is 1.69. The van der Waals surface area contributed by atoms with Gasteiger partial charge in [-0.25, -0.2) is 0 Å². The van der Waals surface area contributed by atoms with E-state index in [4.69, 9.17) is 5.73 Å². The molecule has 1 saturated heterocycles. The Morgan fingerprint density at radius 1 is 1.67 bits per heavy atom. The first kappa shape index (κ1) is 8.43. The summed E-state index contributed by atoms with van der Waals surface area (Å²) in [5.74, 6) is -0.0139. The largest absolute Gasteiger partial charge is 0.355 e. The molecule has 1 rings (SSSR count). The highest BCUT2D eigenvalue weighted by Crippen LogP contribution is 1.92. The van der Waals surface area contributed by atoms with E-state index in [2.05, 4.69) is 5.32 Å². The number of rotatable bonds is 0. The predicted molar refractivity (Wildman–Crippen MR) is 37.0 cm³/mol. The molecule has 1 amide bonds. The SMILES string of the molecule is CC.NC1CCNC1=O. The van der Waals surface area contributed by atoms with Gasteiger partial charge in [0, 0.05) is 6.54 Å². The zero-order valence-corrected chi connectivity index (χ0v) is 5.98. The fourth-order valence-electron chi connectivity index (χ4n) is 0.613. The molecule has 3 N–H and O–H groups in total. The summed E-state index contributed by atoms with van der Waals surface area (Å²) in [5.41, 5.74) is 5.27. The molecule has 1 heterocycles. The van der Waals surface area contributed by atoms with E-state index in [1.807, 2.05) is 13.8 Å². The van der Waals surface area contributed by atoms with Crippen molar-refractivity contribution in [2.24, 2.45) is 5.73 Å². The van der Waals surface area contributed by atoms with E-state index < -0.39 is 0 Å². The van der Waals surface area contributed by atoms with Crippen molar-refractivity contribution in [1.29, 1.82) is 0 Å². The summed E-state index contributed by atoms with van der Waals surface area (Å²) in [6.45, 7) is 4.75. The number of carbonyl (C=O) groups excluding carboxylic acids is 1. The molecular weight excluding hydrogens is 116 g/mol. The third kappa shape index (κ3) is 2.46. The first-order valence-corrected chi connectivity index (χ1v) is 3.34. The van der Waals surface area contributed by atoms with E-state index in [0.717, 1.165) is 13.0 Å². The molecule has 1 atom stereocenters. The lowest BCUT2D eigenvalue weighted by molar-refractivity contribution is -0.120. The van der Waals surface area contributed by atoms with E-state index in [9.17, 15) is 4.79 Å². The molecule has 0 radical (unpaired) electrons. The number of amides is 1. The Kier molecular flexibility index (Phi) is 4.05. The zero-order chi connectivity index (χ0) is 7.28. The van der Waals surface area contributed by atoms with Crippen LogP contribution in [0.4, 0.5) is 0 Å². The van der Waals surface area contributed by atoms with Crippen molar-refractivity contribution >= 4 is 5.91 Å². The van der Waals surface area contributed by atoms with Gasteiger partial charge in [0.05, 0.1) is 6.04 Å². The molecule has 0 bridgehead atoms. The van der Waals surface area contributed by atoms with Crippen LogP contribution in [0.25, 0.3) is 0 Å². The number of carbonyl (C=O) groups is 1. The minimum Gasteiger partial charge on any atom is -0.355 e. The molecule has 0 aromatic heterocycles. The van der Waals surface area contributed by atoms with Crippen molar-refractivity contribution in [2.45, 2.75) is 26.3 Å². The minimum atomic E-state index is -0.236. The Hall–Kier alpha value is -0.570. The molecule has 54 valence electrons. The molecule has 0 aromatic carbocycles. The van der Waals surface area contributed by atoms with Crippen LogP contribution in [-0.4, -0.2) is 18.5 Å². The third-order valence-corrected chi connectivity index (χ3v) is 1.09.